The van der Waals surface area contributed by atoms with E-state index in [9.17, 15) is 9.59 Å². The van der Waals surface area contributed by atoms with Gasteiger partial charge < -0.3 is 10.4 Å². The Morgan fingerprint density at radius 3 is 2.67 bits per heavy atom. The molecule has 0 unspecified atom stereocenters. The van der Waals surface area contributed by atoms with Gasteiger partial charge in [0, 0.05) is 0 Å². The van der Waals surface area contributed by atoms with Gasteiger partial charge in [-0.1, -0.05) is 42.5 Å². The van der Waals surface area contributed by atoms with Gasteiger partial charge in [-0.25, -0.2) is 0 Å². The molecule has 0 radical (unpaired) electrons. The summed E-state index contributed by atoms with van der Waals surface area (Å²) in [5, 5.41) is 13.4. The Morgan fingerprint density at radius 1 is 1.22 bits per heavy atom. The molecule has 0 saturated carbocycles. The Balaban J connectivity index is 2.49. The topological polar surface area (TPSA) is 66.4 Å². The van der Waals surface area contributed by atoms with Crippen molar-refractivity contribution in [1.29, 1.82) is 0 Å². The van der Waals surface area contributed by atoms with Crippen LogP contribution in [0.25, 0.3) is 10.8 Å². The van der Waals surface area contributed by atoms with E-state index in [1.54, 1.807) is 0 Å². The van der Waals surface area contributed by atoms with E-state index in [1.165, 1.54) is 0 Å². The molecule has 0 aliphatic carbocycles. The largest absolute Gasteiger partial charge is 0.481 e. The van der Waals surface area contributed by atoms with Crippen molar-refractivity contribution in [3.8, 4) is 0 Å². The number of carboxylic acid groups (broad SMARTS) is 1. The van der Waals surface area contributed by atoms with Gasteiger partial charge in [-0.3, -0.25) is 9.59 Å². The number of rotatable bonds is 5. The third kappa shape index (κ3) is 2.48. The van der Waals surface area contributed by atoms with Crippen LogP contribution in [0.2, 0.25) is 0 Å². The summed E-state index contributed by atoms with van der Waals surface area (Å²) in [6, 6.07) is 12.8. The molecule has 18 heavy (non-hydrogen) atoms. The summed E-state index contributed by atoms with van der Waals surface area (Å²) in [5.41, 5.74) is 0.822. The SMILES string of the molecule is O=CN[C@@H](CC(=O)O)c1cccc2ccccc12. The Bertz CT molecular complexity index is 575. The molecule has 1 atom stereocenters. The molecule has 92 valence electrons. The van der Waals surface area contributed by atoms with Gasteiger partial charge in [0.1, 0.15) is 0 Å². The molecule has 0 spiro atoms. The van der Waals surface area contributed by atoms with E-state index in [1.807, 2.05) is 42.5 Å². The highest BCUT2D eigenvalue weighted by Crippen LogP contribution is 2.25. The number of fused-ring (bicyclic) bond motifs is 1. The standard InChI is InChI=1S/C14H13NO3/c16-9-15-13(8-14(17)18)12-7-3-5-10-4-1-2-6-11(10)12/h1-7,9,13H,8H2,(H,15,16)(H,17,18)/t13-/m0/s1. The molecule has 2 aromatic carbocycles. The van der Waals surface area contributed by atoms with Gasteiger partial charge in [-0.05, 0) is 16.3 Å². The van der Waals surface area contributed by atoms with Crippen LogP contribution in [0, 0.1) is 0 Å². The fourth-order valence-electron chi connectivity index (χ4n) is 2.07. The highest BCUT2D eigenvalue weighted by molar-refractivity contribution is 5.86. The van der Waals surface area contributed by atoms with Crippen molar-refractivity contribution in [1.82, 2.24) is 5.32 Å². The van der Waals surface area contributed by atoms with E-state index in [0.717, 1.165) is 16.3 Å². The maximum absolute atomic E-state index is 10.8. The van der Waals surface area contributed by atoms with E-state index in [4.69, 9.17) is 5.11 Å². The minimum atomic E-state index is -0.942. The zero-order valence-corrected chi connectivity index (χ0v) is 9.67. The van der Waals surface area contributed by atoms with Crippen LogP contribution in [0.4, 0.5) is 0 Å². The molecular formula is C14H13NO3. The highest BCUT2D eigenvalue weighted by Gasteiger charge is 2.16. The van der Waals surface area contributed by atoms with Crippen molar-refractivity contribution in [2.75, 3.05) is 0 Å². The number of carbonyl (C=O) groups excluding carboxylic acids is 1. The number of nitrogens with one attached hydrogen (secondary N) is 1. The number of aliphatic carboxylic acids is 1. The molecule has 4 nitrogen and oxygen atoms in total. The molecule has 0 aliphatic heterocycles. The van der Waals surface area contributed by atoms with Crippen LogP contribution in [0.15, 0.2) is 42.5 Å². The summed E-state index contributed by atoms with van der Waals surface area (Å²) in [6.07, 6.45) is 0.405. The van der Waals surface area contributed by atoms with Crippen LogP contribution in [-0.2, 0) is 9.59 Å². The molecule has 0 saturated heterocycles. The van der Waals surface area contributed by atoms with E-state index in [2.05, 4.69) is 5.32 Å². The van der Waals surface area contributed by atoms with Gasteiger partial charge in [0.25, 0.3) is 0 Å². The fraction of sp³-hybridized carbons (Fsp3) is 0.143. The van der Waals surface area contributed by atoms with Crippen molar-refractivity contribution < 1.29 is 14.7 Å². The summed E-state index contributed by atoms with van der Waals surface area (Å²) in [6.45, 7) is 0. The van der Waals surface area contributed by atoms with Crippen LogP contribution in [0.1, 0.15) is 18.0 Å². The third-order valence-corrected chi connectivity index (χ3v) is 2.85. The number of hydrogen-bond donors (Lipinski definition) is 2. The van der Waals surface area contributed by atoms with Gasteiger partial charge in [0.2, 0.25) is 6.41 Å². The summed E-state index contributed by atoms with van der Waals surface area (Å²) >= 11 is 0. The van der Waals surface area contributed by atoms with Crippen LogP contribution in [0.5, 0.6) is 0 Å². The van der Waals surface area contributed by atoms with Crippen molar-refractivity contribution in [2.24, 2.45) is 0 Å². The van der Waals surface area contributed by atoms with Crippen molar-refractivity contribution in [3.05, 3.63) is 48.0 Å². The molecule has 0 fully saturated rings. The van der Waals surface area contributed by atoms with Crippen LogP contribution < -0.4 is 5.32 Å². The molecular weight excluding hydrogens is 230 g/mol. The number of carboxylic acids is 1. The lowest BCUT2D eigenvalue weighted by Gasteiger charge is -2.16. The first-order valence-electron chi connectivity index (χ1n) is 5.61. The minimum absolute atomic E-state index is 0.132. The molecule has 1 amide bonds. The Labute approximate surface area is 104 Å². The van der Waals surface area contributed by atoms with Gasteiger partial charge in [-0.2, -0.15) is 0 Å². The van der Waals surface area contributed by atoms with Crippen LogP contribution in [0.3, 0.4) is 0 Å². The highest BCUT2D eigenvalue weighted by atomic mass is 16.4. The Morgan fingerprint density at radius 2 is 1.94 bits per heavy atom. The van der Waals surface area contributed by atoms with Gasteiger partial charge in [0.05, 0.1) is 12.5 Å². The summed E-state index contributed by atoms with van der Waals surface area (Å²) in [5.74, 6) is -0.942. The van der Waals surface area contributed by atoms with E-state index in [0.29, 0.717) is 6.41 Å². The predicted molar refractivity (Wildman–Crippen MR) is 68.1 cm³/mol. The molecule has 4 heteroatoms. The third-order valence-electron chi connectivity index (χ3n) is 2.85. The maximum atomic E-state index is 10.8. The van der Waals surface area contributed by atoms with E-state index < -0.39 is 12.0 Å². The molecule has 2 aromatic rings. The van der Waals surface area contributed by atoms with Crippen molar-refractivity contribution >= 4 is 23.2 Å². The first-order valence-corrected chi connectivity index (χ1v) is 5.61. The molecule has 2 rings (SSSR count). The number of amides is 1. The molecule has 0 heterocycles. The first-order chi connectivity index (χ1) is 8.72. The zero-order chi connectivity index (χ0) is 13.0. The first kappa shape index (κ1) is 12.1. The summed E-state index contributed by atoms with van der Waals surface area (Å²) < 4.78 is 0. The average molecular weight is 243 g/mol. The Kier molecular flexibility index (Phi) is 3.57. The van der Waals surface area contributed by atoms with Gasteiger partial charge >= 0.3 is 5.97 Å². The monoisotopic (exact) mass is 243 g/mol. The zero-order valence-electron chi connectivity index (χ0n) is 9.67. The Hall–Kier alpha value is -2.36. The summed E-state index contributed by atoms with van der Waals surface area (Å²) in [4.78, 5) is 21.4. The van der Waals surface area contributed by atoms with E-state index in [-0.39, 0.29) is 6.42 Å². The second kappa shape index (κ2) is 5.31. The van der Waals surface area contributed by atoms with Gasteiger partial charge in [-0.15, -0.1) is 0 Å². The van der Waals surface area contributed by atoms with Crippen LogP contribution >= 0.6 is 0 Å². The smallest absolute Gasteiger partial charge is 0.305 e. The average Bonchev–Trinajstić information content (AvgIpc) is 2.37. The van der Waals surface area contributed by atoms with Gasteiger partial charge in [0.15, 0.2) is 0 Å². The number of carbonyl (C=O) groups is 2. The predicted octanol–water partition coefficient (Wildman–Crippen LogP) is 2.10. The number of benzene rings is 2. The quantitative estimate of drug-likeness (QED) is 0.790. The second-order valence-corrected chi connectivity index (χ2v) is 4.00. The fourth-order valence-corrected chi connectivity index (χ4v) is 2.07. The number of hydrogen-bond acceptors (Lipinski definition) is 2. The molecule has 0 aromatic heterocycles. The van der Waals surface area contributed by atoms with E-state index >= 15 is 0 Å². The lowest BCUT2D eigenvalue weighted by atomic mass is 9.97. The van der Waals surface area contributed by atoms with Crippen LogP contribution in [-0.4, -0.2) is 17.5 Å². The molecule has 0 aliphatic rings. The molecule has 2 N–H and O–H groups in total. The molecule has 0 bridgehead atoms. The normalized spacial score (nSPS) is 12.0. The summed E-state index contributed by atoms with van der Waals surface area (Å²) in [7, 11) is 0. The minimum Gasteiger partial charge on any atom is -0.481 e. The second-order valence-electron chi connectivity index (χ2n) is 4.00. The van der Waals surface area contributed by atoms with Crippen molar-refractivity contribution in [3.63, 3.8) is 0 Å². The lowest BCUT2D eigenvalue weighted by molar-refractivity contribution is -0.137. The lowest BCUT2D eigenvalue weighted by Crippen LogP contribution is -2.22. The maximum Gasteiger partial charge on any atom is 0.305 e. The van der Waals surface area contributed by atoms with Crippen molar-refractivity contribution in [2.45, 2.75) is 12.5 Å².